The fourth-order valence-electron chi connectivity index (χ4n) is 4.36. The smallest absolute Gasteiger partial charge is 0.261 e. The summed E-state index contributed by atoms with van der Waals surface area (Å²) in [5.41, 5.74) is 4.70. The lowest BCUT2D eigenvalue weighted by molar-refractivity contribution is -0.122. The topological polar surface area (TPSA) is 79.0 Å². The number of hydrogen-bond donors (Lipinski definition) is 1. The van der Waals surface area contributed by atoms with Crippen LogP contribution in [0.1, 0.15) is 27.9 Å². The van der Waals surface area contributed by atoms with Gasteiger partial charge >= 0.3 is 0 Å². The fourth-order valence-corrected chi connectivity index (χ4v) is 4.36. The number of nitrogens with one attached hydrogen (secondary N) is 1. The normalized spacial score (nSPS) is 17.1. The number of fused-ring (bicyclic) bond motifs is 2. The summed E-state index contributed by atoms with van der Waals surface area (Å²) >= 11 is 0. The first-order valence-electron chi connectivity index (χ1n) is 11.2. The zero-order valence-electron chi connectivity index (χ0n) is 19.3. The first-order valence-corrected chi connectivity index (χ1v) is 11.2. The third kappa shape index (κ3) is 3.79. The van der Waals surface area contributed by atoms with Crippen LogP contribution in [0.2, 0.25) is 0 Å². The minimum absolute atomic E-state index is 0.0644. The molecule has 0 aromatic heterocycles. The third-order valence-corrected chi connectivity index (χ3v) is 6.53. The molecule has 2 heterocycles. The molecule has 3 aromatic rings. The van der Waals surface area contributed by atoms with Crippen LogP contribution in [0.3, 0.4) is 0 Å². The number of nitrogens with zero attached hydrogens (tertiary/aromatic N) is 2. The highest BCUT2D eigenvalue weighted by Gasteiger charge is 2.35. The Hall–Kier alpha value is -4.13. The van der Waals surface area contributed by atoms with Crippen LogP contribution < -0.4 is 19.9 Å². The number of carbonyl (C=O) groups is 3. The highest BCUT2D eigenvalue weighted by molar-refractivity contribution is 6.09. The molecule has 172 valence electrons. The summed E-state index contributed by atoms with van der Waals surface area (Å²) in [6.07, 6.45) is 0.158. The second-order valence-corrected chi connectivity index (χ2v) is 8.81. The van der Waals surface area contributed by atoms with Crippen LogP contribution in [0.5, 0.6) is 11.5 Å². The Labute approximate surface area is 197 Å². The second kappa shape index (κ2) is 8.33. The van der Waals surface area contributed by atoms with Gasteiger partial charge in [0.15, 0.2) is 5.75 Å². The molecule has 0 aliphatic carbocycles. The van der Waals surface area contributed by atoms with Gasteiger partial charge < -0.3 is 19.9 Å². The SMILES string of the molecule is Cc1ccc(N2CC(C(=O)Nc3ccc4c(c3)Oc3ccccc3C(=O)N4C)CC2=O)cc1C. The second-order valence-electron chi connectivity index (χ2n) is 8.81. The van der Waals surface area contributed by atoms with E-state index >= 15 is 0 Å². The first-order chi connectivity index (χ1) is 16.3. The molecule has 1 N–H and O–H groups in total. The maximum Gasteiger partial charge on any atom is 0.261 e. The molecule has 1 saturated heterocycles. The van der Waals surface area contributed by atoms with Gasteiger partial charge in [0.05, 0.1) is 17.2 Å². The number of carbonyl (C=O) groups excluding carboxylic acids is 3. The first kappa shape index (κ1) is 21.7. The molecule has 1 unspecified atom stereocenters. The Bertz CT molecular complexity index is 1330. The Morgan fingerprint density at radius 1 is 0.971 bits per heavy atom. The van der Waals surface area contributed by atoms with Crippen molar-refractivity contribution in [3.05, 3.63) is 77.4 Å². The maximum absolute atomic E-state index is 13.0. The average molecular weight is 456 g/mol. The fraction of sp³-hybridized carbons (Fsp3) is 0.222. The summed E-state index contributed by atoms with van der Waals surface area (Å²) < 4.78 is 6.03. The minimum Gasteiger partial charge on any atom is -0.454 e. The molecular formula is C27H25N3O4. The summed E-state index contributed by atoms with van der Waals surface area (Å²) in [5, 5.41) is 2.92. The molecule has 3 amide bonds. The molecule has 1 atom stereocenters. The van der Waals surface area contributed by atoms with Crippen LogP contribution in [0, 0.1) is 19.8 Å². The Balaban J connectivity index is 1.34. The number of aryl methyl sites for hydroxylation is 2. The number of rotatable bonds is 3. The van der Waals surface area contributed by atoms with Crippen molar-refractivity contribution in [2.75, 3.05) is 28.7 Å². The number of para-hydroxylation sites is 1. The van der Waals surface area contributed by atoms with E-state index < -0.39 is 5.92 Å². The van der Waals surface area contributed by atoms with Crippen molar-refractivity contribution < 1.29 is 19.1 Å². The maximum atomic E-state index is 13.0. The van der Waals surface area contributed by atoms with Crippen LogP contribution in [0.15, 0.2) is 60.7 Å². The zero-order valence-corrected chi connectivity index (χ0v) is 19.3. The van der Waals surface area contributed by atoms with Crippen molar-refractivity contribution >= 4 is 34.8 Å². The number of amides is 3. The Morgan fingerprint density at radius 3 is 2.56 bits per heavy atom. The van der Waals surface area contributed by atoms with Crippen molar-refractivity contribution in [3.63, 3.8) is 0 Å². The number of anilines is 3. The summed E-state index contributed by atoms with van der Waals surface area (Å²) in [6, 6.07) is 18.1. The predicted octanol–water partition coefficient (Wildman–Crippen LogP) is 4.68. The van der Waals surface area contributed by atoms with Crippen molar-refractivity contribution in [1.82, 2.24) is 0 Å². The molecule has 5 rings (SSSR count). The molecule has 1 fully saturated rings. The molecule has 0 spiro atoms. The van der Waals surface area contributed by atoms with Crippen LogP contribution >= 0.6 is 0 Å². The molecule has 0 radical (unpaired) electrons. The lowest BCUT2D eigenvalue weighted by Gasteiger charge is -2.19. The lowest BCUT2D eigenvalue weighted by atomic mass is 10.1. The van der Waals surface area contributed by atoms with Gasteiger partial charge in [-0.05, 0) is 61.4 Å². The zero-order chi connectivity index (χ0) is 24.0. The molecule has 34 heavy (non-hydrogen) atoms. The van der Waals surface area contributed by atoms with Crippen molar-refractivity contribution in [2.45, 2.75) is 20.3 Å². The Kier molecular flexibility index (Phi) is 5.32. The van der Waals surface area contributed by atoms with E-state index in [0.717, 1.165) is 16.8 Å². The van der Waals surface area contributed by atoms with E-state index in [4.69, 9.17) is 4.74 Å². The predicted molar refractivity (Wildman–Crippen MR) is 131 cm³/mol. The molecule has 2 aliphatic rings. The van der Waals surface area contributed by atoms with Crippen LogP contribution in [-0.2, 0) is 9.59 Å². The van der Waals surface area contributed by atoms with E-state index in [1.807, 2.05) is 32.0 Å². The molecule has 7 heteroatoms. The average Bonchev–Trinajstić information content (AvgIpc) is 3.18. The van der Waals surface area contributed by atoms with E-state index in [1.165, 1.54) is 4.90 Å². The van der Waals surface area contributed by atoms with Gasteiger partial charge in [0.25, 0.3) is 5.91 Å². The van der Waals surface area contributed by atoms with Gasteiger partial charge in [-0.3, -0.25) is 14.4 Å². The molecule has 2 aliphatic heterocycles. The van der Waals surface area contributed by atoms with Crippen LogP contribution in [-0.4, -0.2) is 31.3 Å². The van der Waals surface area contributed by atoms with Gasteiger partial charge in [0.2, 0.25) is 11.8 Å². The molecule has 3 aromatic carbocycles. The van der Waals surface area contributed by atoms with Gasteiger partial charge in [-0.2, -0.15) is 0 Å². The minimum atomic E-state index is -0.459. The van der Waals surface area contributed by atoms with Crippen molar-refractivity contribution in [3.8, 4) is 11.5 Å². The summed E-state index contributed by atoms with van der Waals surface area (Å²) in [7, 11) is 1.69. The van der Waals surface area contributed by atoms with Gasteiger partial charge in [0.1, 0.15) is 5.75 Å². The van der Waals surface area contributed by atoms with Gasteiger partial charge in [-0.15, -0.1) is 0 Å². The van der Waals surface area contributed by atoms with E-state index in [9.17, 15) is 14.4 Å². The largest absolute Gasteiger partial charge is 0.454 e. The van der Waals surface area contributed by atoms with Crippen molar-refractivity contribution in [2.24, 2.45) is 5.92 Å². The molecule has 0 saturated carbocycles. The quantitative estimate of drug-likeness (QED) is 0.622. The summed E-state index contributed by atoms with van der Waals surface area (Å²) in [4.78, 5) is 41.7. The van der Waals surface area contributed by atoms with Crippen LogP contribution in [0.25, 0.3) is 0 Å². The molecule has 7 nitrogen and oxygen atoms in total. The van der Waals surface area contributed by atoms with E-state index in [0.29, 0.717) is 35.0 Å². The molecular weight excluding hydrogens is 430 g/mol. The number of benzene rings is 3. The van der Waals surface area contributed by atoms with E-state index in [-0.39, 0.29) is 24.1 Å². The highest BCUT2D eigenvalue weighted by atomic mass is 16.5. The van der Waals surface area contributed by atoms with E-state index in [2.05, 4.69) is 5.32 Å². The number of ether oxygens (including phenoxy) is 1. The van der Waals surface area contributed by atoms with Crippen molar-refractivity contribution in [1.29, 1.82) is 0 Å². The van der Waals surface area contributed by atoms with Crippen LogP contribution in [0.4, 0.5) is 17.1 Å². The lowest BCUT2D eigenvalue weighted by Crippen LogP contribution is -2.28. The van der Waals surface area contributed by atoms with E-state index in [1.54, 1.807) is 54.4 Å². The van der Waals surface area contributed by atoms with Gasteiger partial charge in [-0.25, -0.2) is 0 Å². The standard InChI is InChI=1S/C27H25N3O4/c1-16-8-10-20(12-17(16)2)30-15-18(13-25(30)31)26(32)28-19-9-11-22-24(14-19)34-23-7-5-4-6-21(23)27(33)29(22)3/h4-12,14,18H,13,15H2,1-3H3,(H,28,32). The third-order valence-electron chi connectivity index (χ3n) is 6.53. The highest BCUT2D eigenvalue weighted by Crippen LogP contribution is 2.40. The monoisotopic (exact) mass is 455 g/mol. The van der Waals surface area contributed by atoms with Gasteiger partial charge in [0, 0.05) is 37.5 Å². The van der Waals surface area contributed by atoms with Gasteiger partial charge in [-0.1, -0.05) is 18.2 Å². The number of hydrogen-bond acceptors (Lipinski definition) is 4. The summed E-state index contributed by atoms with van der Waals surface area (Å²) in [6.45, 7) is 4.37. The Morgan fingerprint density at radius 2 is 1.76 bits per heavy atom. The summed E-state index contributed by atoms with van der Waals surface area (Å²) in [5.74, 6) is 0.0224. The molecule has 0 bridgehead atoms.